The zero-order valence-corrected chi connectivity index (χ0v) is 24.1. The minimum atomic E-state index is -0.483. The van der Waals surface area contributed by atoms with Crippen molar-refractivity contribution in [3.8, 4) is 11.5 Å². The van der Waals surface area contributed by atoms with Gasteiger partial charge in [0, 0.05) is 18.3 Å². The highest BCUT2D eigenvalue weighted by molar-refractivity contribution is 5.55. The smallest absolute Gasteiger partial charge is 0.122 e. The zero-order valence-electron chi connectivity index (χ0n) is 24.1. The maximum absolute atomic E-state index is 9.45. The Balaban J connectivity index is 1.64. The van der Waals surface area contributed by atoms with Crippen LogP contribution in [-0.4, -0.2) is 36.6 Å². The van der Waals surface area contributed by atoms with Crippen LogP contribution in [0.2, 0.25) is 0 Å². The molecule has 0 fully saturated rings. The largest absolute Gasteiger partial charge is 0.491 e. The van der Waals surface area contributed by atoms with Crippen molar-refractivity contribution in [2.45, 2.75) is 25.2 Å². The number of ether oxygens (including phenoxy) is 2. The van der Waals surface area contributed by atoms with Crippen molar-refractivity contribution in [1.29, 1.82) is 0 Å². The third-order valence-electron chi connectivity index (χ3n) is 7.80. The highest BCUT2D eigenvalue weighted by Gasteiger charge is 2.32. The van der Waals surface area contributed by atoms with E-state index in [1.807, 2.05) is 30.3 Å². The minimum Gasteiger partial charge on any atom is -0.491 e. The number of aliphatic hydroxyl groups is 2. The van der Waals surface area contributed by atoms with Gasteiger partial charge in [0.25, 0.3) is 0 Å². The Labute approximate surface area is 248 Å². The predicted molar refractivity (Wildman–Crippen MR) is 169 cm³/mol. The van der Waals surface area contributed by atoms with E-state index in [9.17, 15) is 10.2 Å². The lowest BCUT2D eigenvalue weighted by atomic mass is 9.70. The average Bonchev–Trinajstić information content (AvgIpc) is 3.04. The summed E-state index contributed by atoms with van der Waals surface area (Å²) in [7, 11) is 0. The Morgan fingerprint density at radius 1 is 0.500 bits per heavy atom. The molecule has 0 bridgehead atoms. The molecule has 4 heteroatoms. The van der Waals surface area contributed by atoms with Crippen LogP contribution in [0.15, 0.2) is 127 Å². The second-order valence-corrected chi connectivity index (χ2v) is 10.6. The third kappa shape index (κ3) is 6.73. The molecule has 0 aliphatic carbocycles. The molecule has 5 rings (SSSR count). The Kier molecular flexibility index (Phi) is 9.70. The van der Waals surface area contributed by atoms with Gasteiger partial charge in [-0.2, -0.15) is 0 Å². The van der Waals surface area contributed by atoms with Crippen molar-refractivity contribution in [2.24, 2.45) is 0 Å². The van der Waals surface area contributed by atoms with Crippen LogP contribution in [0.5, 0.6) is 11.5 Å². The molecule has 0 aromatic heterocycles. The number of hydrogen-bond acceptors (Lipinski definition) is 4. The van der Waals surface area contributed by atoms with E-state index in [0.717, 1.165) is 33.8 Å². The van der Waals surface area contributed by atoms with Gasteiger partial charge in [0.2, 0.25) is 0 Å². The highest BCUT2D eigenvalue weighted by Crippen LogP contribution is 2.42. The van der Waals surface area contributed by atoms with Crippen LogP contribution in [0, 0.1) is 0 Å². The molecule has 0 amide bonds. The second-order valence-electron chi connectivity index (χ2n) is 10.6. The molecule has 5 aromatic carbocycles. The summed E-state index contributed by atoms with van der Waals surface area (Å²) < 4.78 is 12.0. The van der Waals surface area contributed by atoms with Crippen LogP contribution in [-0.2, 0) is 18.3 Å². The van der Waals surface area contributed by atoms with Gasteiger partial charge in [0.1, 0.15) is 24.7 Å². The number of hydrogen-bond donors (Lipinski definition) is 2. The van der Waals surface area contributed by atoms with Crippen molar-refractivity contribution < 1.29 is 19.7 Å². The van der Waals surface area contributed by atoms with E-state index in [0.29, 0.717) is 12.8 Å². The Bertz CT molecular complexity index is 1450. The highest BCUT2D eigenvalue weighted by atomic mass is 16.5. The summed E-state index contributed by atoms with van der Waals surface area (Å²) in [6.07, 6.45) is 1.43. The molecule has 5 aromatic rings. The van der Waals surface area contributed by atoms with E-state index in [4.69, 9.17) is 9.47 Å². The van der Waals surface area contributed by atoms with Gasteiger partial charge in [-0.25, -0.2) is 0 Å². The zero-order chi connectivity index (χ0) is 29.2. The summed E-state index contributed by atoms with van der Waals surface area (Å²) in [4.78, 5) is 0. The lowest BCUT2D eigenvalue weighted by molar-refractivity contribution is 0.200. The lowest BCUT2D eigenvalue weighted by Crippen LogP contribution is -2.26. The van der Waals surface area contributed by atoms with Gasteiger partial charge in [-0.3, -0.25) is 0 Å². The van der Waals surface area contributed by atoms with Crippen molar-refractivity contribution in [3.63, 3.8) is 0 Å². The molecule has 0 aliphatic rings. The first-order chi connectivity index (χ1) is 20.6. The molecule has 0 spiro atoms. The van der Waals surface area contributed by atoms with E-state index in [1.54, 1.807) is 0 Å². The molecule has 214 valence electrons. The first-order valence-electron chi connectivity index (χ1n) is 14.5. The van der Waals surface area contributed by atoms with Crippen LogP contribution < -0.4 is 9.47 Å². The molecule has 0 atom stereocenters. The monoisotopic (exact) mass is 558 g/mol. The molecular weight excluding hydrogens is 520 g/mol. The van der Waals surface area contributed by atoms with Gasteiger partial charge >= 0.3 is 0 Å². The van der Waals surface area contributed by atoms with E-state index in [1.165, 1.54) is 16.7 Å². The summed E-state index contributed by atoms with van der Waals surface area (Å²) in [5.41, 5.74) is 7.51. The van der Waals surface area contributed by atoms with Gasteiger partial charge < -0.3 is 19.7 Å². The topological polar surface area (TPSA) is 58.9 Å². The molecule has 0 saturated carbocycles. The molecule has 0 heterocycles. The lowest BCUT2D eigenvalue weighted by Gasteiger charge is -2.33. The molecule has 2 N–H and O–H groups in total. The van der Waals surface area contributed by atoms with E-state index >= 15 is 0 Å². The first kappa shape index (κ1) is 29.1. The summed E-state index contributed by atoms with van der Waals surface area (Å²) >= 11 is 0. The van der Waals surface area contributed by atoms with Gasteiger partial charge in [-0.15, -0.1) is 0 Å². The maximum Gasteiger partial charge on any atom is 0.122 e. The Hall–Kier alpha value is -4.38. The van der Waals surface area contributed by atoms with E-state index in [2.05, 4.69) is 104 Å². The van der Waals surface area contributed by atoms with E-state index < -0.39 is 5.41 Å². The third-order valence-corrected chi connectivity index (χ3v) is 7.80. The average molecular weight is 559 g/mol. The maximum atomic E-state index is 9.45. The SMILES string of the molecule is CC(c1ccccc1)(c1ccc(OCCO)c(Cc2ccccc2)c1)c1ccc(OCCO)c(Cc2ccccc2)c1. The number of benzene rings is 5. The summed E-state index contributed by atoms with van der Waals surface area (Å²) in [6, 6.07) is 44.2. The predicted octanol–water partition coefficient (Wildman–Crippen LogP) is 6.96. The second kappa shape index (κ2) is 14.0. The van der Waals surface area contributed by atoms with Gasteiger partial charge in [0.05, 0.1) is 13.2 Å². The first-order valence-corrected chi connectivity index (χ1v) is 14.5. The van der Waals surface area contributed by atoms with Crippen LogP contribution in [0.3, 0.4) is 0 Å². The normalized spacial score (nSPS) is 11.3. The van der Waals surface area contributed by atoms with Crippen LogP contribution in [0.25, 0.3) is 0 Å². The molecular formula is C38H38O4. The summed E-state index contributed by atoms with van der Waals surface area (Å²) in [6.45, 7) is 2.69. The fourth-order valence-electron chi connectivity index (χ4n) is 5.55. The fourth-order valence-corrected chi connectivity index (χ4v) is 5.55. The number of rotatable bonds is 13. The quantitative estimate of drug-likeness (QED) is 0.153. The molecule has 0 unspecified atom stereocenters. The summed E-state index contributed by atoms with van der Waals surface area (Å²) in [5.74, 6) is 1.56. The molecule has 0 radical (unpaired) electrons. The minimum absolute atomic E-state index is 0.0385. The molecule has 0 aliphatic heterocycles. The van der Waals surface area contributed by atoms with Gasteiger partial charge in [-0.05, 0) is 58.0 Å². The van der Waals surface area contributed by atoms with Crippen LogP contribution in [0.4, 0.5) is 0 Å². The van der Waals surface area contributed by atoms with Crippen molar-refractivity contribution in [3.05, 3.63) is 166 Å². The van der Waals surface area contributed by atoms with Crippen molar-refractivity contribution in [1.82, 2.24) is 0 Å². The van der Waals surface area contributed by atoms with Gasteiger partial charge in [-0.1, -0.05) is 115 Å². The van der Waals surface area contributed by atoms with Crippen LogP contribution >= 0.6 is 0 Å². The molecule has 42 heavy (non-hydrogen) atoms. The van der Waals surface area contributed by atoms with Crippen LogP contribution in [0.1, 0.15) is 45.9 Å². The number of aliphatic hydroxyl groups excluding tert-OH is 2. The Morgan fingerprint density at radius 3 is 1.31 bits per heavy atom. The standard InChI is InChI=1S/C38H38O4/c1-38(33-15-9-4-10-16-33,34-17-19-36(41-23-21-39)31(27-34)25-29-11-5-2-6-12-29)35-18-20-37(42-24-22-40)32(28-35)26-30-13-7-3-8-14-30/h2-20,27-28,39-40H,21-26H2,1H3. The molecule has 4 nitrogen and oxygen atoms in total. The van der Waals surface area contributed by atoms with Gasteiger partial charge in [0.15, 0.2) is 0 Å². The van der Waals surface area contributed by atoms with E-state index in [-0.39, 0.29) is 26.4 Å². The summed E-state index contributed by atoms with van der Waals surface area (Å²) in [5, 5.41) is 18.9. The van der Waals surface area contributed by atoms with Crippen molar-refractivity contribution >= 4 is 0 Å². The Morgan fingerprint density at radius 2 is 0.905 bits per heavy atom. The fraction of sp³-hybridized carbons (Fsp3) is 0.211. The van der Waals surface area contributed by atoms with Crippen molar-refractivity contribution in [2.75, 3.05) is 26.4 Å². The molecule has 0 saturated heterocycles.